The number of nitrogens with zero attached hydrogens (tertiary/aromatic N) is 1. The fraction of sp³-hybridized carbons (Fsp3) is 0.600. The van der Waals surface area contributed by atoms with Crippen molar-refractivity contribution < 1.29 is 0 Å². The molecule has 1 fully saturated rings. The van der Waals surface area contributed by atoms with Crippen LogP contribution in [0.25, 0.3) is 0 Å². The molecular weight excluding hydrogens is 208 g/mol. The van der Waals surface area contributed by atoms with E-state index in [1.807, 2.05) is 0 Å². The van der Waals surface area contributed by atoms with Gasteiger partial charge in [0.1, 0.15) is 0 Å². The molecule has 1 aromatic carbocycles. The predicted molar refractivity (Wildman–Crippen MR) is 72.4 cm³/mol. The standard InChI is InChI=1S/C15H22N2/c1-12-6-8-17(9-7-12)11-14-10-13-4-2-3-5-15(13)16-14/h2-5,12,14,16H,6-11H2,1H3. The van der Waals surface area contributed by atoms with Crippen molar-refractivity contribution in [1.29, 1.82) is 0 Å². The zero-order valence-corrected chi connectivity index (χ0v) is 10.7. The van der Waals surface area contributed by atoms with Crippen LogP contribution < -0.4 is 5.32 Å². The fourth-order valence-electron chi connectivity index (χ4n) is 3.04. The number of hydrogen-bond acceptors (Lipinski definition) is 2. The summed E-state index contributed by atoms with van der Waals surface area (Å²) in [5, 5.41) is 3.65. The van der Waals surface area contributed by atoms with Crippen molar-refractivity contribution in [3.63, 3.8) is 0 Å². The van der Waals surface area contributed by atoms with Crippen LogP contribution in [-0.4, -0.2) is 30.6 Å². The molecule has 1 aromatic rings. The van der Waals surface area contributed by atoms with Crippen LogP contribution in [0.4, 0.5) is 5.69 Å². The molecule has 17 heavy (non-hydrogen) atoms. The number of piperidine rings is 1. The third-order valence-electron chi connectivity index (χ3n) is 4.20. The average molecular weight is 230 g/mol. The van der Waals surface area contributed by atoms with Crippen LogP contribution in [0.15, 0.2) is 24.3 Å². The van der Waals surface area contributed by atoms with Crippen LogP contribution in [0, 0.1) is 5.92 Å². The Balaban J connectivity index is 1.55. The van der Waals surface area contributed by atoms with Crippen LogP contribution in [0.3, 0.4) is 0 Å². The van der Waals surface area contributed by atoms with E-state index in [4.69, 9.17) is 0 Å². The van der Waals surface area contributed by atoms with Gasteiger partial charge in [0.15, 0.2) is 0 Å². The smallest absolute Gasteiger partial charge is 0.0429 e. The van der Waals surface area contributed by atoms with E-state index in [2.05, 4.69) is 41.4 Å². The monoisotopic (exact) mass is 230 g/mol. The number of para-hydroxylation sites is 1. The second-order valence-corrected chi connectivity index (χ2v) is 5.69. The Kier molecular flexibility index (Phi) is 3.06. The van der Waals surface area contributed by atoms with Gasteiger partial charge in [-0.1, -0.05) is 25.1 Å². The first-order valence-corrected chi connectivity index (χ1v) is 6.88. The first kappa shape index (κ1) is 11.1. The number of anilines is 1. The Hall–Kier alpha value is -1.02. The number of likely N-dealkylation sites (tertiary alicyclic amines) is 1. The van der Waals surface area contributed by atoms with Crippen molar-refractivity contribution in [2.45, 2.75) is 32.2 Å². The van der Waals surface area contributed by atoms with Crippen LogP contribution in [-0.2, 0) is 6.42 Å². The Morgan fingerprint density at radius 1 is 1.24 bits per heavy atom. The van der Waals surface area contributed by atoms with E-state index < -0.39 is 0 Å². The van der Waals surface area contributed by atoms with E-state index in [0.29, 0.717) is 6.04 Å². The maximum absolute atomic E-state index is 3.65. The highest BCUT2D eigenvalue weighted by Gasteiger charge is 2.24. The zero-order valence-electron chi connectivity index (χ0n) is 10.7. The van der Waals surface area contributed by atoms with Gasteiger partial charge in [0, 0.05) is 18.3 Å². The summed E-state index contributed by atoms with van der Waals surface area (Å²) in [6.45, 7) is 6.16. The Morgan fingerprint density at radius 3 is 2.76 bits per heavy atom. The van der Waals surface area contributed by atoms with Crippen molar-refractivity contribution in [3.8, 4) is 0 Å². The minimum atomic E-state index is 0.626. The Bertz CT molecular complexity index is 355. The number of rotatable bonds is 2. The largest absolute Gasteiger partial charge is 0.380 e. The lowest BCUT2D eigenvalue weighted by Gasteiger charge is -2.32. The van der Waals surface area contributed by atoms with Gasteiger partial charge in [-0.2, -0.15) is 0 Å². The molecule has 0 amide bonds. The van der Waals surface area contributed by atoms with Crippen molar-refractivity contribution in [1.82, 2.24) is 4.90 Å². The van der Waals surface area contributed by atoms with Gasteiger partial charge in [0.2, 0.25) is 0 Å². The SMILES string of the molecule is CC1CCN(CC2Cc3ccccc3N2)CC1. The first-order valence-electron chi connectivity index (χ1n) is 6.88. The molecule has 2 nitrogen and oxygen atoms in total. The quantitative estimate of drug-likeness (QED) is 0.840. The van der Waals surface area contributed by atoms with E-state index in [1.54, 1.807) is 0 Å². The third kappa shape index (κ3) is 2.47. The zero-order chi connectivity index (χ0) is 11.7. The lowest BCUT2D eigenvalue weighted by atomic mass is 9.98. The molecule has 1 saturated heterocycles. The molecule has 0 aromatic heterocycles. The van der Waals surface area contributed by atoms with Gasteiger partial charge in [-0.3, -0.25) is 0 Å². The van der Waals surface area contributed by atoms with Gasteiger partial charge in [0.05, 0.1) is 0 Å². The van der Waals surface area contributed by atoms with Crippen molar-refractivity contribution in [2.75, 3.05) is 25.0 Å². The molecule has 0 spiro atoms. The summed E-state index contributed by atoms with van der Waals surface area (Å²) in [6.07, 6.45) is 3.95. The van der Waals surface area contributed by atoms with E-state index in [0.717, 1.165) is 5.92 Å². The topological polar surface area (TPSA) is 15.3 Å². The predicted octanol–water partition coefficient (Wildman–Crippen LogP) is 2.76. The van der Waals surface area contributed by atoms with E-state index in [9.17, 15) is 0 Å². The number of hydrogen-bond donors (Lipinski definition) is 1. The summed E-state index contributed by atoms with van der Waals surface area (Å²) >= 11 is 0. The molecule has 2 heteroatoms. The molecule has 2 aliphatic rings. The molecule has 92 valence electrons. The second kappa shape index (κ2) is 4.69. The van der Waals surface area contributed by atoms with Gasteiger partial charge in [-0.05, 0) is 49.9 Å². The summed E-state index contributed by atoms with van der Waals surface area (Å²) in [7, 11) is 0. The summed E-state index contributed by atoms with van der Waals surface area (Å²) in [5.41, 5.74) is 2.84. The molecule has 2 heterocycles. The number of nitrogens with one attached hydrogen (secondary N) is 1. The molecule has 1 N–H and O–H groups in total. The molecule has 1 atom stereocenters. The van der Waals surface area contributed by atoms with Crippen LogP contribution in [0.5, 0.6) is 0 Å². The maximum atomic E-state index is 3.65. The number of fused-ring (bicyclic) bond motifs is 1. The Labute approximate surface area is 104 Å². The first-order chi connectivity index (χ1) is 8.31. The molecule has 0 bridgehead atoms. The van der Waals surface area contributed by atoms with Crippen LogP contribution in [0.2, 0.25) is 0 Å². The summed E-state index contributed by atoms with van der Waals surface area (Å²) in [4.78, 5) is 2.63. The molecule has 3 rings (SSSR count). The van der Waals surface area contributed by atoms with E-state index in [1.165, 1.54) is 50.1 Å². The number of benzene rings is 1. The highest BCUT2D eigenvalue weighted by molar-refractivity contribution is 5.56. The van der Waals surface area contributed by atoms with Gasteiger partial charge in [-0.15, -0.1) is 0 Å². The molecule has 0 aliphatic carbocycles. The second-order valence-electron chi connectivity index (χ2n) is 5.69. The highest BCUT2D eigenvalue weighted by Crippen LogP contribution is 2.26. The Morgan fingerprint density at radius 2 is 2.00 bits per heavy atom. The van der Waals surface area contributed by atoms with Gasteiger partial charge >= 0.3 is 0 Å². The summed E-state index contributed by atoms with van der Waals surface area (Å²) in [5.74, 6) is 0.931. The summed E-state index contributed by atoms with van der Waals surface area (Å²) in [6, 6.07) is 9.34. The minimum Gasteiger partial charge on any atom is -0.380 e. The van der Waals surface area contributed by atoms with Gasteiger partial charge in [-0.25, -0.2) is 0 Å². The van der Waals surface area contributed by atoms with E-state index >= 15 is 0 Å². The molecule has 0 saturated carbocycles. The fourth-order valence-corrected chi connectivity index (χ4v) is 3.04. The summed E-state index contributed by atoms with van der Waals surface area (Å²) < 4.78 is 0. The van der Waals surface area contributed by atoms with Gasteiger partial charge < -0.3 is 10.2 Å². The van der Waals surface area contributed by atoms with Crippen molar-refractivity contribution in [2.24, 2.45) is 5.92 Å². The van der Waals surface area contributed by atoms with Gasteiger partial charge in [0.25, 0.3) is 0 Å². The highest BCUT2D eigenvalue weighted by atomic mass is 15.2. The van der Waals surface area contributed by atoms with Crippen LogP contribution >= 0.6 is 0 Å². The average Bonchev–Trinajstić information content (AvgIpc) is 2.74. The van der Waals surface area contributed by atoms with Crippen molar-refractivity contribution in [3.05, 3.63) is 29.8 Å². The maximum Gasteiger partial charge on any atom is 0.0429 e. The lowest BCUT2D eigenvalue weighted by molar-refractivity contribution is 0.186. The molecular formula is C15H22N2. The lowest BCUT2D eigenvalue weighted by Crippen LogP contribution is -2.40. The van der Waals surface area contributed by atoms with Crippen molar-refractivity contribution >= 4 is 5.69 Å². The minimum absolute atomic E-state index is 0.626. The normalized spacial score (nSPS) is 25.6. The molecule has 2 aliphatic heterocycles. The molecule has 0 radical (unpaired) electrons. The van der Waals surface area contributed by atoms with Crippen LogP contribution in [0.1, 0.15) is 25.3 Å². The van der Waals surface area contributed by atoms with E-state index in [-0.39, 0.29) is 0 Å². The third-order valence-corrected chi connectivity index (χ3v) is 4.20. The molecule has 1 unspecified atom stereocenters.